The first-order chi connectivity index (χ1) is 9.67. The number of nitrogens with zero attached hydrogens (tertiary/aromatic N) is 3. The van der Waals surface area contributed by atoms with Gasteiger partial charge in [0.05, 0.1) is 11.4 Å². The lowest BCUT2D eigenvalue weighted by Crippen LogP contribution is -2.45. The summed E-state index contributed by atoms with van der Waals surface area (Å²) in [4.78, 5) is 9.78. The molecule has 1 fully saturated rings. The Kier molecular flexibility index (Phi) is 5.95. The normalized spacial score (nSPS) is 17.8. The average Bonchev–Trinajstić information content (AvgIpc) is 2.46. The van der Waals surface area contributed by atoms with Crippen LogP contribution in [0.25, 0.3) is 0 Å². The lowest BCUT2D eigenvalue weighted by Gasteiger charge is -2.33. The lowest BCUT2D eigenvalue weighted by molar-refractivity contribution is 0.131. The summed E-state index contributed by atoms with van der Waals surface area (Å²) in [6, 6.07) is 6.88. The van der Waals surface area contributed by atoms with Crippen molar-refractivity contribution in [1.29, 1.82) is 0 Å². The van der Waals surface area contributed by atoms with Gasteiger partial charge in [-0.05, 0) is 18.7 Å². The highest BCUT2D eigenvalue weighted by molar-refractivity contribution is 5.11. The van der Waals surface area contributed by atoms with E-state index in [-0.39, 0.29) is 0 Å². The van der Waals surface area contributed by atoms with Crippen molar-refractivity contribution in [3.05, 3.63) is 29.6 Å². The van der Waals surface area contributed by atoms with E-state index in [1.807, 2.05) is 0 Å². The van der Waals surface area contributed by atoms with E-state index in [2.05, 4.69) is 54.1 Å². The fraction of sp³-hybridized carbons (Fsp3) is 0.688. The third kappa shape index (κ3) is 4.85. The Hall–Kier alpha value is -0.970. The Bertz CT molecular complexity index is 397. The van der Waals surface area contributed by atoms with Crippen molar-refractivity contribution >= 4 is 0 Å². The first-order valence-electron chi connectivity index (χ1n) is 7.80. The monoisotopic (exact) mass is 276 g/mol. The number of pyridine rings is 1. The van der Waals surface area contributed by atoms with E-state index in [1.165, 1.54) is 25.3 Å². The maximum Gasteiger partial charge on any atom is 0.0547 e. The molecule has 0 amide bonds. The van der Waals surface area contributed by atoms with E-state index in [9.17, 15) is 0 Å². The number of hydrogen-bond donors (Lipinski definition) is 1. The Morgan fingerprint density at radius 2 is 1.75 bits per heavy atom. The summed E-state index contributed by atoms with van der Waals surface area (Å²) in [5, 5.41) is 3.42. The summed E-state index contributed by atoms with van der Waals surface area (Å²) >= 11 is 0. The molecule has 1 aromatic heterocycles. The smallest absolute Gasteiger partial charge is 0.0547 e. The predicted octanol–water partition coefficient (Wildman–Crippen LogP) is 1.72. The van der Waals surface area contributed by atoms with Crippen molar-refractivity contribution in [2.45, 2.75) is 39.9 Å². The van der Waals surface area contributed by atoms with Crippen molar-refractivity contribution in [2.75, 3.05) is 32.7 Å². The van der Waals surface area contributed by atoms with Gasteiger partial charge >= 0.3 is 0 Å². The van der Waals surface area contributed by atoms with Crippen LogP contribution in [0.4, 0.5) is 0 Å². The third-order valence-electron chi connectivity index (χ3n) is 3.85. The van der Waals surface area contributed by atoms with E-state index in [0.717, 1.165) is 31.9 Å². The summed E-state index contributed by atoms with van der Waals surface area (Å²) in [6.07, 6.45) is 0. The second-order valence-corrected chi connectivity index (χ2v) is 5.87. The van der Waals surface area contributed by atoms with Gasteiger partial charge in [0.15, 0.2) is 0 Å². The second kappa shape index (κ2) is 7.72. The van der Waals surface area contributed by atoms with Gasteiger partial charge < -0.3 is 10.2 Å². The molecular weight excluding hydrogens is 248 g/mol. The molecular formula is C16H28N4. The Balaban J connectivity index is 1.85. The highest BCUT2D eigenvalue weighted by Gasteiger charge is 2.15. The summed E-state index contributed by atoms with van der Waals surface area (Å²) in [5.41, 5.74) is 2.33. The number of piperazine rings is 1. The highest BCUT2D eigenvalue weighted by atomic mass is 15.3. The van der Waals surface area contributed by atoms with Gasteiger partial charge in [-0.3, -0.25) is 9.88 Å². The fourth-order valence-corrected chi connectivity index (χ4v) is 2.52. The van der Waals surface area contributed by atoms with Crippen molar-refractivity contribution in [3.63, 3.8) is 0 Å². The maximum atomic E-state index is 4.76. The number of likely N-dealkylation sites (N-methyl/N-ethyl adjacent to an activating group) is 1. The van der Waals surface area contributed by atoms with Gasteiger partial charge in [0.2, 0.25) is 0 Å². The van der Waals surface area contributed by atoms with Gasteiger partial charge in [-0.1, -0.05) is 26.8 Å². The molecule has 0 aliphatic carbocycles. The maximum absolute atomic E-state index is 4.76. The largest absolute Gasteiger partial charge is 0.309 e. The molecule has 0 saturated carbocycles. The van der Waals surface area contributed by atoms with Crippen LogP contribution in [-0.4, -0.2) is 53.5 Å². The molecule has 4 nitrogen and oxygen atoms in total. The van der Waals surface area contributed by atoms with Gasteiger partial charge in [-0.15, -0.1) is 0 Å². The zero-order valence-corrected chi connectivity index (χ0v) is 13.1. The van der Waals surface area contributed by atoms with E-state index in [4.69, 9.17) is 4.98 Å². The number of aromatic nitrogens is 1. The molecule has 2 rings (SSSR count). The highest BCUT2D eigenvalue weighted by Crippen LogP contribution is 2.07. The van der Waals surface area contributed by atoms with Gasteiger partial charge in [0.1, 0.15) is 0 Å². The predicted molar refractivity (Wildman–Crippen MR) is 83.6 cm³/mol. The average molecular weight is 276 g/mol. The van der Waals surface area contributed by atoms with Gasteiger partial charge in [-0.25, -0.2) is 0 Å². The molecule has 4 heteroatoms. The molecule has 0 atom stereocenters. The van der Waals surface area contributed by atoms with E-state index < -0.39 is 0 Å². The van der Waals surface area contributed by atoms with Crippen molar-refractivity contribution in [1.82, 2.24) is 20.1 Å². The van der Waals surface area contributed by atoms with Crippen LogP contribution in [0, 0.1) is 0 Å². The molecule has 0 spiro atoms. The molecule has 1 aliphatic rings. The molecule has 0 aromatic carbocycles. The topological polar surface area (TPSA) is 31.4 Å². The Morgan fingerprint density at radius 3 is 2.40 bits per heavy atom. The first-order valence-corrected chi connectivity index (χ1v) is 7.80. The molecule has 1 aromatic rings. The molecule has 0 radical (unpaired) electrons. The Morgan fingerprint density at radius 1 is 1.10 bits per heavy atom. The summed E-state index contributed by atoms with van der Waals surface area (Å²) < 4.78 is 0. The number of nitrogens with one attached hydrogen (secondary N) is 1. The molecule has 1 saturated heterocycles. The second-order valence-electron chi connectivity index (χ2n) is 5.87. The minimum Gasteiger partial charge on any atom is -0.309 e. The van der Waals surface area contributed by atoms with Crippen LogP contribution in [0.5, 0.6) is 0 Å². The van der Waals surface area contributed by atoms with Gasteiger partial charge in [-0.2, -0.15) is 0 Å². The van der Waals surface area contributed by atoms with Crippen LogP contribution in [0.15, 0.2) is 18.2 Å². The lowest BCUT2D eigenvalue weighted by atomic mass is 10.2. The Labute approximate surface area is 123 Å². The number of rotatable bonds is 6. The summed E-state index contributed by atoms with van der Waals surface area (Å²) in [5.74, 6) is 0. The quantitative estimate of drug-likeness (QED) is 0.857. The van der Waals surface area contributed by atoms with Crippen molar-refractivity contribution < 1.29 is 0 Å². The molecule has 0 bridgehead atoms. The molecule has 1 aliphatic heterocycles. The zero-order chi connectivity index (χ0) is 14.4. The van der Waals surface area contributed by atoms with Crippen LogP contribution in [0.2, 0.25) is 0 Å². The molecule has 1 N–H and O–H groups in total. The minimum atomic E-state index is 0.502. The van der Waals surface area contributed by atoms with Crippen molar-refractivity contribution in [3.8, 4) is 0 Å². The molecule has 0 unspecified atom stereocenters. The van der Waals surface area contributed by atoms with E-state index in [1.54, 1.807) is 0 Å². The molecule has 2 heterocycles. The number of hydrogen-bond acceptors (Lipinski definition) is 4. The summed E-state index contributed by atoms with van der Waals surface area (Å²) in [6.45, 7) is 14.3. The zero-order valence-electron chi connectivity index (χ0n) is 13.1. The van der Waals surface area contributed by atoms with Crippen LogP contribution < -0.4 is 5.32 Å². The van der Waals surface area contributed by atoms with Crippen LogP contribution in [0.1, 0.15) is 32.2 Å². The van der Waals surface area contributed by atoms with E-state index in [0.29, 0.717) is 6.04 Å². The van der Waals surface area contributed by atoms with Crippen molar-refractivity contribution in [2.24, 2.45) is 0 Å². The van der Waals surface area contributed by atoms with Gasteiger partial charge in [0, 0.05) is 45.3 Å². The van der Waals surface area contributed by atoms with Crippen LogP contribution in [-0.2, 0) is 13.1 Å². The fourth-order valence-electron chi connectivity index (χ4n) is 2.52. The standard InChI is InChI=1S/C16H28N4/c1-4-19-8-10-20(11-9-19)13-16-7-5-6-15(18-16)12-17-14(2)3/h5-7,14,17H,4,8-13H2,1-3H3. The SMILES string of the molecule is CCN1CCN(Cc2cccc(CNC(C)C)n2)CC1. The third-order valence-corrected chi connectivity index (χ3v) is 3.85. The van der Waals surface area contributed by atoms with E-state index >= 15 is 0 Å². The molecule has 20 heavy (non-hydrogen) atoms. The minimum absolute atomic E-state index is 0.502. The first kappa shape index (κ1) is 15.4. The van der Waals surface area contributed by atoms with Crippen LogP contribution >= 0.6 is 0 Å². The van der Waals surface area contributed by atoms with Crippen LogP contribution in [0.3, 0.4) is 0 Å². The van der Waals surface area contributed by atoms with Gasteiger partial charge in [0.25, 0.3) is 0 Å². The summed E-state index contributed by atoms with van der Waals surface area (Å²) in [7, 11) is 0. The molecule has 112 valence electrons.